The Kier molecular flexibility index (Phi) is 7.33. The van der Waals surface area contributed by atoms with Crippen molar-refractivity contribution in [3.8, 4) is 5.75 Å². The summed E-state index contributed by atoms with van der Waals surface area (Å²) in [5, 5.41) is 3.48. The van der Waals surface area contributed by atoms with Gasteiger partial charge in [-0.1, -0.05) is 24.3 Å². The maximum Gasteiger partial charge on any atom is 0.253 e. The van der Waals surface area contributed by atoms with E-state index in [0.29, 0.717) is 5.92 Å². The van der Waals surface area contributed by atoms with Gasteiger partial charge in [-0.2, -0.15) is 0 Å². The molecular weight excluding hydrogens is 376 g/mol. The predicted molar refractivity (Wildman–Crippen MR) is 121 cm³/mol. The van der Waals surface area contributed by atoms with Crippen molar-refractivity contribution in [2.24, 2.45) is 4.99 Å². The van der Waals surface area contributed by atoms with Crippen molar-refractivity contribution in [3.05, 3.63) is 65.2 Å². The SMILES string of the molecule is CN=C(NCCc1cccc(C(=O)N(C)C)c1)N1CCC(c2ccc(OC)cc2)C1. The monoisotopic (exact) mass is 408 g/mol. The summed E-state index contributed by atoms with van der Waals surface area (Å²) < 4.78 is 5.26. The second-order valence-corrected chi connectivity index (χ2v) is 7.83. The highest BCUT2D eigenvalue weighted by Gasteiger charge is 2.26. The third-order valence-corrected chi connectivity index (χ3v) is 5.56. The van der Waals surface area contributed by atoms with Gasteiger partial charge in [0, 0.05) is 52.3 Å². The molecule has 160 valence electrons. The molecule has 0 aromatic heterocycles. The van der Waals surface area contributed by atoms with Crippen molar-refractivity contribution in [2.45, 2.75) is 18.8 Å². The topological polar surface area (TPSA) is 57.2 Å². The minimum atomic E-state index is 0.0299. The number of methoxy groups -OCH3 is 1. The molecule has 0 aliphatic carbocycles. The number of guanidine groups is 1. The number of nitrogens with one attached hydrogen (secondary N) is 1. The summed E-state index contributed by atoms with van der Waals surface area (Å²) in [5.74, 6) is 2.36. The summed E-state index contributed by atoms with van der Waals surface area (Å²) in [4.78, 5) is 20.6. The van der Waals surface area contributed by atoms with Gasteiger partial charge in [0.05, 0.1) is 7.11 Å². The first kappa shape index (κ1) is 21.7. The zero-order valence-corrected chi connectivity index (χ0v) is 18.4. The van der Waals surface area contributed by atoms with Crippen LogP contribution in [0.4, 0.5) is 0 Å². The summed E-state index contributed by atoms with van der Waals surface area (Å²) in [6, 6.07) is 16.2. The highest BCUT2D eigenvalue weighted by molar-refractivity contribution is 5.94. The Hall–Kier alpha value is -3.02. The number of hydrogen-bond donors (Lipinski definition) is 1. The van der Waals surface area contributed by atoms with Gasteiger partial charge >= 0.3 is 0 Å². The zero-order chi connectivity index (χ0) is 21.5. The van der Waals surface area contributed by atoms with Gasteiger partial charge in [-0.15, -0.1) is 0 Å². The third-order valence-electron chi connectivity index (χ3n) is 5.56. The average Bonchev–Trinajstić information content (AvgIpc) is 3.26. The number of nitrogens with zero attached hydrogens (tertiary/aromatic N) is 3. The standard InChI is InChI=1S/C24H32N4O2/c1-25-24(26-14-12-18-6-5-7-20(16-18)23(29)27(2)3)28-15-13-21(17-28)19-8-10-22(30-4)11-9-19/h5-11,16,21H,12-15,17H2,1-4H3,(H,25,26). The van der Waals surface area contributed by atoms with Crippen LogP contribution >= 0.6 is 0 Å². The van der Waals surface area contributed by atoms with Crippen LogP contribution in [0.2, 0.25) is 0 Å². The Morgan fingerprint density at radius 2 is 2.00 bits per heavy atom. The Morgan fingerprint density at radius 1 is 1.23 bits per heavy atom. The summed E-state index contributed by atoms with van der Waals surface area (Å²) in [7, 11) is 7.07. The molecule has 1 saturated heterocycles. The molecule has 6 nitrogen and oxygen atoms in total. The highest BCUT2D eigenvalue weighted by Crippen LogP contribution is 2.28. The normalized spacial score (nSPS) is 16.5. The first-order valence-corrected chi connectivity index (χ1v) is 10.4. The molecule has 1 unspecified atom stereocenters. The second-order valence-electron chi connectivity index (χ2n) is 7.83. The quantitative estimate of drug-likeness (QED) is 0.590. The molecule has 0 bridgehead atoms. The lowest BCUT2D eigenvalue weighted by Gasteiger charge is -2.22. The second kappa shape index (κ2) is 10.1. The molecule has 2 aromatic carbocycles. The Balaban J connectivity index is 1.53. The maximum absolute atomic E-state index is 12.2. The van der Waals surface area contributed by atoms with Gasteiger partial charge in [0.1, 0.15) is 5.75 Å². The van der Waals surface area contributed by atoms with E-state index in [1.54, 1.807) is 26.1 Å². The predicted octanol–water partition coefficient (Wildman–Crippen LogP) is 3.00. The Labute approximate surface area is 179 Å². The number of carbonyl (C=O) groups is 1. The first-order valence-electron chi connectivity index (χ1n) is 10.4. The average molecular weight is 409 g/mol. The van der Waals surface area contributed by atoms with Gasteiger partial charge in [0.25, 0.3) is 5.91 Å². The van der Waals surface area contributed by atoms with Crippen LogP contribution in [0.15, 0.2) is 53.5 Å². The summed E-state index contributed by atoms with van der Waals surface area (Å²) >= 11 is 0. The zero-order valence-electron chi connectivity index (χ0n) is 18.4. The number of likely N-dealkylation sites (tertiary alicyclic amines) is 1. The van der Waals surface area contributed by atoms with Crippen molar-refractivity contribution >= 4 is 11.9 Å². The molecule has 3 rings (SSSR count). The van der Waals surface area contributed by atoms with E-state index < -0.39 is 0 Å². The fourth-order valence-electron chi connectivity index (χ4n) is 3.87. The van der Waals surface area contributed by atoms with E-state index in [1.165, 1.54) is 5.56 Å². The Morgan fingerprint density at radius 3 is 2.67 bits per heavy atom. The number of benzene rings is 2. The van der Waals surface area contributed by atoms with Gasteiger partial charge in [-0.05, 0) is 48.2 Å². The highest BCUT2D eigenvalue weighted by atomic mass is 16.5. The van der Waals surface area contributed by atoms with E-state index in [0.717, 1.165) is 55.3 Å². The minimum Gasteiger partial charge on any atom is -0.497 e. The summed E-state index contributed by atoms with van der Waals surface area (Å²) in [6.45, 7) is 2.72. The van der Waals surface area contributed by atoms with Crippen LogP contribution in [0.5, 0.6) is 5.75 Å². The minimum absolute atomic E-state index is 0.0299. The maximum atomic E-state index is 12.2. The smallest absolute Gasteiger partial charge is 0.253 e. The fourth-order valence-corrected chi connectivity index (χ4v) is 3.87. The number of hydrogen-bond acceptors (Lipinski definition) is 3. The van der Waals surface area contributed by atoms with Crippen molar-refractivity contribution in [1.29, 1.82) is 0 Å². The van der Waals surface area contributed by atoms with E-state index in [2.05, 4.69) is 33.4 Å². The van der Waals surface area contributed by atoms with Crippen molar-refractivity contribution in [2.75, 3.05) is 47.9 Å². The molecular formula is C24H32N4O2. The van der Waals surface area contributed by atoms with Crippen molar-refractivity contribution in [1.82, 2.24) is 15.1 Å². The molecule has 1 aliphatic heterocycles. The van der Waals surface area contributed by atoms with Crippen LogP contribution in [0.25, 0.3) is 0 Å². The van der Waals surface area contributed by atoms with Crippen LogP contribution < -0.4 is 10.1 Å². The first-order chi connectivity index (χ1) is 14.5. The number of amides is 1. The largest absolute Gasteiger partial charge is 0.497 e. The Bertz CT molecular complexity index is 877. The third kappa shape index (κ3) is 5.32. The molecule has 1 N–H and O–H groups in total. The van der Waals surface area contributed by atoms with E-state index >= 15 is 0 Å². The molecule has 30 heavy (non-hydrogen) atoms. The van der Waals surface area contributed by atoms with Gasteiger partial charge in [-0.25, -0.2) is 0 Å². The molecule has 0 saturated carbocycles. The lowest BCUT2D eigenvalue weighted by molar-refractivity contribution is 0.0827. The lowest BCUT2D eigenvalue weighted by Crippen LogP contribution is -2.40. The van der Waals surface area contributed by atoms with Gasteiger partial charge in [0.2, 0.25) is 0 Å². The van der Waals surface area contributed by atoms with E-state index in [1.807, 2.05) is 37.4 Å². The van der Waals surface area contributed by atoms with Crippen molar-refractivity contribution in [3.63, 3.8) is 0 Å². The number of rotatable bonds is 6. The van der Waals surface area contributed by atoms with Crippen molar-refractivity contribution < 1.29 is 9.53 Å². The number of aliphatic imine (C=N–C) groups is 1. The van der Waals surface area contributed by atoms with E-state index in [-0.39, 0.29) is 5.91 Å². The molecule has 1 fully saturated rings. The summed E-state index contributed by atoms with van der Waals surface area (Å²) in [6.07, 6.45) is 1.95. The molecule has 1 heterocycles. The van der Waals surface area contributed by atoms with Crippen LogP contribution in [-0.2, 0) is 6.42 Å². The van der Waals surface area contributed by atoms with Crippen LogP contribution in [0.1, 0.15) is 33.8 Å². The molecule has 2 aromatic rings. The number of ether oxygens (including phenoxy) is 1. The van der Waals surface area contributed by atoms with Gasteiger partial charge in [-0.3, -0.25) is 9.79 Å². The molecule has 1 aliphatic rings. The molecule has 0 radical (unpaired) electrons. The van der Waals surface area contributed by atoms with E-state index in [9.17, 15) is 4.79 Å². The number of carbonyl (C=O) groups excluding carboxylic acids is 1. The lowest BCUT2D eigenvalue weighted by atomic mass is 9.98. The van der Waals surface area contributed by atoms with E-state index in [4.69, 9.17) is 4.74 Å². The fraction of sp³-hybridized carbons (Fsp3) is 0.417. The van der Waals surface area contributed by atoms with Gasteiger partial charge in [0.15, 0.2) is 5.96 Å². The molecule has 6 heteroatoms. The molecule has 1 atom stereocenters. The van der Waals surface area contributed by atoms with Gasteiger partial charge < -0.3 is 19.9 Å². The van der Waals surface area contributed by atoms with Crippen LogP contribution in [0.3, 0.4) is 0 Å². The van der Waals surface area contributed by atoms with Crippen LogP contribution in [-0.4, -0.2) is 69.6 Å². The summed E-state index contributed by atoms with van der Waals surface area (Å²) in [5.41, 5.74) is 3.21. The molecule has 0 spiro atoms. The van der Waals surface area contributed by atoms with Crippen LogP contribution in [0, 0.1) is 0 Å². The molecule has 1 amide bonds.